The quantitative estimate of drug-likeness (QED) is 0.681. The van der Waals surface area contributed by atoms with Crippen molar-refractivity contribution in [2.75, 3.05) is 17.2 Å². The number of hydrogen-bond acceptors (Lipinski definition) is 6. The predicted octanol–water partition coefficient (Wildman–Crippen LogP) is 3.93. The van der Waals surface area contributed by atoms with Crippen LogP contribution in [0.4, 0.5) is 17.5 Å². The average Bonchev–Trinajstić information content (AvgIpc) is 2.62. The van der Waals surface area contributed by atoms with Crippen LogP contribution >= 0.6 is 0 Å². The summed E-state index contributed by atoms with van der Waals surface area (Å²) in [6, 6.07) is 15.5. The average molecular weight is 335 g/mol. The Bertz CT molecular complexity index is 806. The first-order valence-electron chi connectivity index (χ1n) is 8.22. The summed E-state index contributed by atoms with van der Waals surface area (Å²) in [7, 11) is 0. The fraction of sp³-hybridized carbons (Fsp3) is 0.211. The van der Waals surface area contributed by atoms with Crippen molar-refractivity contribution in [1.82, 2.24) is 15.0 Å². The molecule has 0 fully saturated rings. The molecule has 2 heterocycles. The highest BCUT2D eigenvalue weighted by Crippen LogP contribution is 2.20. The highest BCUT2D eigenvalue weighted by Gasteiger charge is 2.04. The Labute approximate surface area is 147 Å². The molecule has 0 radical (unpaired) electrons. The monoisotopic (exact) mass is 335 g/mol. The zero-order chi connectivity index (χ0) is 17.5. The molecule has 0 saturated carbocycles. The van der Waals surface area contributed by atoms with E-state index in [1.165, 1.54) is 0 Å². The largest absolute Gasteiger partial charge is 0.494 e. The van der Waals surface area contributed by atoms with Gasteiger partial charge in [-0.05, 0) is 50.2 Å². The van der Waals surface area contributed by atoms with Crippen molar-refractivity contribution in [2.45, 2.75) is 20.4 Å². The van der Waals surface area contributed by atoms with Gasteiger partial charge in [0.05, 0.1) is 18.8 Å². The summed E-state index contributed by atoms with van der Waals surface area (Å²) < 4.78 is 5.45. The third kappa shape index (κ3) is 4.91. The van der Waals surface area contributed by atoms with E-state index in [1.807, 2.05) is 62.4 Å². The lowest BCUT2D eigenvalue weighted by molar-refractivity contribution is 0.340. The van der Waals surface area contributed by atoms with Crippen molar-refractivity contribution in [2.24, 2.45) is 0 Å². The molecule has 1 aromatic carbocycles. The summed E-state index contributed by atoms with van der Waals surface area (Å²) in [4.78, 5) is 13.2. The molecule has 0 unspecified atom stereocenters. The molecular formula is C19H21N5O. The number of pyridine rings is 1. The number of hydrogen-bond donors (Lipinski definition) is 2. The zero-order valence-corrected chi connectivity index (χ0v) is 14.4. The Hall–Kier alpha value is -3.15. The number of aromatic nitrogens is 3. The molecule has 0 aliphatic heterocycles. The molecule has 6 nitrogen and oxygen atoms in total. The van der Waals surface area contributed by atoms with E-state index in [4.69, 9.17) is 4.74 Å². The van der Waals surface area contributed by atoms with Crippen molar-refractivity contribution in [3.05, 3.63) is 66.1 Å². The number of nitrogens with one attached hydrogen (secondary N) is 2. The lowest BCUT2D eigenvalue weighted by Gasteiger charge is -2.10. The highest BCUT2D eigenvalue weighted by molar-refractivity contribution is 5.58. The van der Waals surface area contributed by atoms with Gasteiger partial charge in [-0.1, -0.05) is 6.07 Å². The zero-order valence-electron chi connectivity index (χ0n) is 14.4. The molecule has 3 aromatic rings. The summed E-state index contributed by atoms with van der Waals surface area (Å²) in [6.07, 6.45) is 1.77. The number of anilines is 3. The van der Waals surface area contributed by atoms with Gasteiger partial charge >= 0.3 is 0 Å². The molecule has 0 spiro atoms. The summed E-state index contributed by atoms with van der Waals surface area (Å²) >= 11 is 0. The van der Waals surface area contributed by atoms with Crippen LogP contribution in [0, 0.1) is 6.92 Å². The van der Waals surface area contributed by atoms with Crippen molar-refractivity contribution < 1.29 is 4.74 Å². The Kier molecular flexibility index (Phi) is 5.41. The third-order valence-corrected chi connectivity index (χ3v) is 3.45. The van der Waals surface area contributed by atoms with Crippen LogP contribution in [0.1, 0.15) is 18.3 Å². The van der Waals surface area contributed by atoms with Crippen molar-refractivity contribution in [3.63, 3.8) is 0 Å². The smallest absolute Gasteiger partial charge is 0.225 e. The van der Waals surface area contributed by atoms with E-state index in [-0.39, 0.29) is 0 Å². The first kappa shape index (κ1) is 16.7. The molecule has 3 rings (SSSR count). The molecule has 6 heteroatoms. The number of ether oxygens (including phenoxy) is 1. The maximum atomic E-state index is 5.45. The van der Waals surface area contributed by atoms with Crippen LogP contribution in [-0.2, 0) is 6.54 Å². The van der Waals surface area contributed by atoms with Gasteiger partial charge in [-0.3, -0.25) is 4.98 Å². The molecule has 0 bridgehead atoms. The first-order chi connectivity index (χ1) is 12.2. The van der Waals surface area contributed by atoms with Crippen LogP contribution in [-0.4, -0.2) is 21.6 Å². The van der Waals surface area contributed by atoms with Crippen LogP contribution in [0.15, 0.2) is 54.7 Å². The van der Waals surface area contributed by atoms with E-state index < -0.39 is 0 Å². The molecule has 0 amide bonds. The van der Waals surface area contributed by atoms with E-state index in [9.17, 15) is 0 Å². The van der Waals surface area contributed by atoms with E-state index in [0.717, 1.165) is 28.6 Å². The molecule has 0 aliphatic rings. The molecule has 128 valence electrons. The fourth-order valence-electron chi connectivity index (χ4n) is 2.33. The molecule has 0 saturated heterocycles. The molecule has 0 atom stereocenters. The SMILES string of the molecule is CCOc1ccc(Nc2cc(C)nc(NCc3ccccn3)n2)cc1. The first-order valence-corrected chi connectivity index (χ1v) is 8.22. The van der Waals surface area contributed by atoms with Crippen LogP contribution < -0.4 is 15.4 Å². The van der Waals surface area contributed by atoms with E-state index in [2.05, 4.69) is 25.6 Å². The van der Waals surface area contributed by atoms with Gasteiger partial charge < -0.3 is 15.4 Å². The normalized spacial score (nSPS) is 10.3. The van der Waals surface area contributed by atoms with Crippen LogP contribution in [0.2, 0.25) is 0 Å². The maximum Gasteiger partial charge on any atom is 0.225 e. The van der Waals surface area contributed by atoms with E-state index in [0.29, 0.717) is 19.1 Å². The van der Waals surface area contributed by atoms with E-state index in [1.54, 1.807) is 6.20 Å². The van der Waals surface area contributed by atoms with Crippen molar-refractivity contribution in [3.8, 4) is 5.75 Å². The Morgan fingerprint density at radius 3 is 2.60 bits per heavy atom. The number of rotatable bonds is 7. The second-order valence-corrected chi connectivity index (χ2v) is 5.48. The van der Waals surface area contributed by atoms with Crippen LogP contribution in [0.5, 0.6) is 5.75 Å². The van der Waals surface area contributed by atoms with Gasteiger partial charge in [-0.25, -0.2) is 4.98 Å². The minimum Gasteiger partial charge on any atom is -0.494 e. The summed E-state index contributed by atoms with van der Waals surface area (Å²) in [5.41, 5.74) is 2.76. The van der Waals surface area contributed by atoms with Gasteiger partial charge in [0.15, 0.2) is 0 Å². The van der Waals surface area contributed by atoms with Gasteiger partial charge in [0.1, 0.15) is 11.6 Å². The lowest BCUT2D eigenvalue weighted by atomic mass is 10.3. The van der Waals surface area contributed by atoms with Gasteiger partial charge in [0, 0.05) is 23.6 Å². The minimum absolute atomic E-state index is 0.569. The Balaban J connectivity index is 1.68. The second kappa shape index (κ2) is 8.10. The number of nitrogens with zero attached hydrogens (tertiary/aromatic N) is 3. The van der Waals surface area contributed by atoms with Gasteiger partial charge in [0.25, 0.3) is 0 Å². The van der Waals surface area contributed by atoms with Gasteiger partial charge in [-0.15, -0.1) is 0 Å². The third-order valence-electron chi connectivity index (χ3n) is 3.45. The topological polar surface area (TPSA) is 72.0 Å². The standard InChI is InChI=1S/C19H21N5O/c1-3-25-17-9-7-15(8-10-17)23-18-12-14(2)22-19(24-18)21-13-16-6-4-5-11-20-16/h4-12H,3,13H2,1-2H3,(H2,21,22,23,24). The maximum absolute atomic E-state index is 5.45. The molecule has 0 aliphatic carbocycles. The second-order valence-electron chi connectivity index (χ2n) is 5.48. The van der Waals surface area contributed by atoms with Crippen LogP contribution in [0.25, 0.3) is 0 Å². The molecule has 25 heavy (non-hydrogen) atoms. The summed E-state index contributed by atoms with van der Waals surface area (Å²) in [5, 5.41) is 6.50. The number of aryl methyl sites for hydroxylation is 1. The van der Waals surface area contributed by atoms with Crippen molar-refractivity contribution in [1.29, 1.82) is 0 Å². The molecule has 2 N–H and O–H groups in total. The van der Waals surface area contributed by atoms with Crippen molar-refractivity contribution >= 4 is 17.5 Å². The predicted molar refractivity (Wildman–Crippen MR) is 99.2 cm³/mol. The fourth-order valence-corrected chi connectivity index (χ4v) is 2.33. The number of benzene rings is 1. The van der Waals surface area contributed by atoms with Gasteiger partial charge in [-0.2, -0.15) is 4.98 Å². The lowest BCUT2D eigenvalue weighted by Crippen LogP contribution is -2.07. The minimum atomic E-state index is 0.569. The Morgan fingerprint density at radius 2 is 1.88 bits per heavy atom. The summed E-state index contributed by atoms with van der Waals surface area (Å²) in [6.45, 7) is 5.14. The molecular weight excluding hydrogens is 314 g/mol. The Morgan fingerprint density at radius 1 is 1.04 bits per heavy atom. The van der Waals surface area contributed by atoms with E-state index >= 15 is 0 Å². The van der Waals surface area contributed by atoms with Gasteiger partial charge in [0.2, 0.25) is 5.95 Å². The highest BCUT2D eigenvalue weighted by atomic mass is 16.5. The molecule has 2 aromatic heterocycles. The summed E-state index contributed by atoms with van der Waals surface area (Å²) in [5.74, 6) is 2.16. The van der Waals surface area contributed by atoms with Crippen LogP contribution in [0.3, 0.4) is 0 Å².